The fraction of sp³-hybridized carbons (Fsp3) is 0.0500. The van der Waals surface area contributed by atoms with Crippen molar-refractivity contribution in [1.82, 2.24) is 9.97 Å². The molecule has 7 nitrogen and oxygen atoms in total. The van der Waals surface area contributed by atoms with Crippen LogP contribution >= 0.6 is 11.8 Å². The number of halogens is 2. The minimum absolute atomic E-state index is 0.0587. The maximum absolute atomic E-state index is 12.2. The molecule has 0 amide bonds. The van der Waals surface area contributed by atoms with Crippen molar-refractivity contribution in [2.45, 2.75) is 16.7 Å². The van der Waals surface area contributed by atoms with Crippen molar-refractivity contribution in [3.63, 3.8) is 0 Å². The Bertz CT molecular complexity index is 1080. The van der Waals surface area contributed by atoms with Gasteiger partial charge in [0, 0.05) is 24.0 Å². The van der Waals surface area contributed by atoms with Crippen molar-refractivity contribution < 1.29 is 23.2 Å². The standard InChI is InChI=1S/C20H13F2N3O4S/c21-19(22)29-15-6-4-14(5-7-15)17(26)8-2-13-3-9-18(16(12-13)25(27)28)30-20-23-10-1-11-24-20/h1-12,19H. The Hall–Kier alpha value is -3.66. The fourth-order valence-corrected chi connectivity index (χ4v) is 3.17. The molecule has 0 aliphatic heterocycles. The molecule has 0 bridgehead atoms. The third-order valence-electron chi connectivity index (χ3n) is 3.71. The maximum Gasteiger partial charge on any atom is 0.387 e. The third kappa shape index (κ3) is 5.67. The first-order valence-electron chi connectivity index (χ1n) is 8.43. The summed E-state index contributed by atoms with van der Waals surface area (Å²) in [6.07, 6.45) is 5.76. The summed E-state index contributed by atoms with van der Waals surface area (Å²) < 4.78 is 28.6. The number of benzene rings is 2. The lowest BCUT2D eigenvalue weighted by atomic mass is 10.1. The number of aromatic nitrogens is 2. The summed E-state index contributed by atoms with van der Waals surface area (Å²) in [4.78, 5) is 31.6. The van der Waals surface area contributed by atoms with Gasteiger partial charge < -0.3 is 4.74 Å². The molecule has 30 heavy (non-hydrogen) atoms. The van der Waals surface area contributed by atoms with E-state index < -0.39 is 17.3 Å². The van der Waals surface area contributed by atoms with E-state index in [0.717, 1.165) is 11.8 Å². The van der Waals surface area contributed by atoms with Crippen molar-refractivity contribution in [1.29, 1.82) is 0 Å². The van der Waals surface area contributed by atoms with E-state index in [4.69, 9.17) is 0 Å². The van der Waals surface area contributed by atoms with Gasteiger partial charge in [-0.25, -0.2) is 9.97 Å². The molecule has 2 aromatic carbocycles. The Balaban J connectivity index is 1.75. The van der Waals surface area contributed by atoms with E-state index >= 15 is 0 Å². The van der Waals surface area contributed by atoms with Crippen LogP contribution in [0.25, 0.3) is 6.08 Å². The molecule has 3 rings (SSSR count). The highest BCUT2D eigenvalue weighted by atomic mass is 32.2. The molecule has 0 radical (unpaired) electrons. The second-order valence-electron chi connectivity index (χ2n) is 5.72. The number of allylic oxidation sites excluding steroid dienone is 1. The van der Waals surface area contributed by atoms with Gasteiger partial charge in [0.25, 0.3) is 5.69 Å². The molecular formula is C20H13F2N3O4S. The van der Waals surface area contributed by atoms with Gasteiger partial charge in [-0.2, -0.15) is 8.78 Å². The van der Waals surface area contributed by atoms with Gasteiger partial charge in [-0.1, -0.05) is 12.1 Å². The molecule has 0 aliphatic carbocycles. The summed E-state index contributed by atoms with van der Waals surface area (Å²) in [6.45, 7) is -2.95. The number of hydrogen-bond donors (Lipinski definition) is 0. The Kier molecular flexibility index (Phi) is 6.81. The summed E-state index contributed by atoms with van der Waals surface area (Å²) in [7, 11) is 0. The Morgan fingerprint density at radius 1 is 1.13 bits per heavy atom. The number of carbonyl (C=O) groups is 1. The fourth-order valence-electron chi connectivity index (χ4n) is 2.37. The third-order valence-corrected chi connectivity index (χ3v) is 4.67. The van der Waals surface area contributed by atoms with E-state index in [1.807, 2.05) is 0 Å². The van der Waals surface area contributed by atoms with E-state index in [1.54, 1.807) is 18.2 Å². The molecule has 3 aromatic rings. The highest BCUT2D eigenvalue weighted by Gasteiger charge is 2.16. The Labute approximate surface area is 173 Å². The number of nitrogens with zero attached hydrogens (tertiary/aromatic N) is 3. The van der Waals surface area contributed by atoms with Crippen LogP contribution in [0.15, 0.2) is 77.1 Å². The zero-order valence-electron chi connectivity index (χ0n) is 15.1. The minimum atomic E-state index is -2.95. The first-order chi connectivity index (χ1) is 14.4. The van der Waals surface area contributed by atoms with Crippen LogP contribution in [0.2, 0.25) is 0 Å². The molecule has 0 atom stereocenters. The van der Waals surface area contributed by atoms with Gasteiger partial charge in [-0.3, -0.25) is 14.9 Å². The summed E-state index contributed by atoms with van der Waals surface area (Å²) >= 11 is 1.06. The van der Waals surface area contributed by atoms with Crippen LogP contribution in [0.5, 0.6) is 5.75 Å². The molecule has 0 fully saturated rings. The molecule has 0 N–H and O–H groups in total. The summed E-state index contributed by atoms with van der Waals surface area (Å²) in [5, 5.41) is 11.8. The number of ether oxygens (including phenoxy) is 1. The Morgan fingerprint density at radius 3 is 2.47 bits per heavy atom. The lowest BCUT2D eigenvalue weighted by molar-refractivity contribution is -0.387. The topological polar surface area (TPSA) is 95.2 Å². The van der Waals surface area contributed by atoms with Gasteiger partial charge in [0.05, 0.1) is 9.82 Å². The molecule has 0 saturated carbocycles. The summed E-state index contributed by atoms with van der Waals surface area (Å²) in [6, 6.07) is 11.4. The van der Waals surface area contributed by atoms with Crippen molar-refractivity contribution in [3.8, 4) is 5.75 Å². The van der Waals surface area contributed by atoms with Crippen molar-refractivity contribution in [3.05, 3.63) is 88.2 Å². The predicted octanol–water partition coefficient (Wildman–Crippen LogP) is 5.03. The lowest BCUT2D eigenvalue weighted by Gasteiger charge is -2.04. The smallest absolute Gasteiger partial charge is 0.387 e. The average molecular weight is 429 g/mol. The van der Waals surface area contributed by atoms with Crippen molar-refractivity contribution >= 4 is 29.3 Å². The molecule has 152 valence electrons. The SMILES string of the molecule is O=C(C=Cc1ccc(Sc2ncccn2)c([N+](=O)[O-])c1)c1ccc(OC(F)F)cc1. The van der Waals surface area contributed by atoms with Crippen LogP contribution in [-0.4, -0.2) is 27.3 Å². The molecule has 0 spiro atoms. The largest absolute Gasteiger partial charge is 0.435 e. The van der Waals surface area contributed by atoms with Gasteiger partial charge in [0.15, 0.2) is 10.9 Å². The van der Waals surface area contributed by atoms with Gasteiger partial charge >= 0.3 is 6.61 Å². The van der Waals surface area contributed by atoms with E-state index in [2.05, 4.69) is 14.7 Å². The summed E-state index contributed by atoms with van der Waals surface area (Å²) in [5.41, 5.74) is 0.567. The van der Waals surface area contributed by atoms with Crippen LogP contribution in [0, 0.1) is 10.1 Å². The number of carbonyl (C=O) groups excluding carboxylic acids is 1. The molecule has 1 heterocycles. The number of hydrogen-bond acceptors (Lipinski definition) is 7. The maximum atomic E-state index is 12.2. The van der Waals surface area contributed by atoms with Gasteiger partial charge in [0.2, 0.25) is 0 Å². The number of nitro groups is 1. The second-order valence-corrected chi connectivity index (χ2v) is 6.73. The van der Waals surface area contributed by atoms with E-state index in [1.165, 1.54) is 54.9 Å². The summed E-state index contributed by atoms with van der Waals surface area (Å²) in [5.74, 6) is -0.450. The number of rotatable bonds is 8. The first kappa shape index (κ1) is 21.1. The van der Waals surface area contributed by atoms with Gasteiger partial charge in [0.1, 0.15) is 5.75 Å². The van der Waals surface area contributed by atoms with Crippen molar-refractivity contribution in [2.75, 3.05) is 0 Å². The number of ketones is 1. The van der Waals surface area contributed by atoms with Gasteiger partial charge in [-0.15, -0.1) is 0 Å². The van der Waals surface area contributed by atoms with Crippen LogP contribution in [0.4, 0.5) is 14.5 Å². The zero-order valence-corrected chi connectivity index (χ0v) is 16.0. The van der Waals surface area contributed by atoms with Gasteiger partial charge in [-0.05, 0) is 59.8 Å². The molecule has 0 saturated heterocycles. The van der Waals surface area contributed by atoms with Crippen molar-refractivity contribution in [2.24, 2.45) is 0 Å². The molecule has 10 heteroatoms. The first-order valence-corrected chi connectivity index (χ1v) is 9.24. The Morgan fingerprint density at radius 2 is 1.83 bits per heavy atom. The normalized spacial score (nSPS) is 11.0. The minimum Gasteiger partial charge on any atom is -0.435 e. The van der Waals surface area contributed by atoms with E-state index in [0.29, 0.717) is 15.6 Å². The average Bonchev–Trinajstić information content (AvgIpc) is 2.73. The monoisotopic (exact) mass is 429 g/mol. The van der Waals surface area contributed by atoms with Crippen LogP contribution < -0.4 is 4.74 Å². The highest BCUT2D eigenvalue weighted by Crippen LogP contribution is 2.33. The van der Waals surface area contributed by atoms with Crippen LogP contribution in [-0.2, 0) is 0 Å². The molecule has 1 aromatic heterocycles. The van der Waals surface area contributed by atoms with E-state index in [9.17, 15) is 23.7 Å². The second kappa shape index (κ2) is 9.70. The number of alkyl halides is 2. The predicted molar refractivity (Wildman–Crippen MR) is 106 cm³/mol. The van der Waals surface area contributed by atoms with E-state index in [-0.39, 0.29) is 17.0 Å². The molecule has 0 unspecified atom stereocenters. The lowest BCUT2D eigenvalue weighted by Crippen LogP contribution is -2.02. The van der Waals surface area contributed by atoms with Crippen LogP contribution in [0.3, 0.4) is 0 Å². The highest BCUT2D eigenvalue weighted by molar-refractivity contribution is 7.99. The molecular weight excluding hydrogens is 416 g/mol. The van der Waals surface area contributed by atoms with Crippen LogP contribution in [0.1, 0.15) is 15.9 Å². The molecule has 0 aliphatic rings. The quantitative estimate of drug-likeness (QED) is 0.163. The zero-order chi connectivity index (χ0) is 21.5. The number of nitro benzene ring substituents is 1.